The van der Waals surface area contributed by atoms with Gasteiger partial charge in [-0.1, -0.05) is 37.5 Å². The number of rotatable bonds is 3. The molecule has 1 aliphatic carbocycles. The van der Waals surface area contributed by atoms with E-state index < -0.39 is 0 Å². The quantitative estimate of drug-likeness (QED) is 0.814. The Morgan fingerprint density at radius 3 is 2.77 bits per heavy atom. The molecule has 0 atom stereocenters. The molecule has 0 radical (unpaired) electrons. The van der Waals surface area contributed by atoms with Crippen molar-refractivity contribution in [2.45, 2.75) is 51.0 Å². The van der Waals surface area contributed by atoms with E-state index in [1.807, 2.05) is 24.1 Å². The van der Waals surface area contributed by atoms with Gasteiger partial charge in [0.15, 0.2) is 0 Å². The third-order valence-corrected chi connectivity index (χ3v) is 5.82. The van der Waals surface area contributed by atoms with E-state index >= 15 is 0 Å². The number of para-hydroxylation sites is 1. The van der Waals surface area contributed by atoms with Crippen LogP contribution in [0.1, 0.15) is 54.4 Å². The zero-order valence-corrected chi connectivity index (χ0v) is 15.5. The lowest BCUT2D eigenvalue weighted by molar-refractivity contribution is 0.0696. The molecule has 136 valence electrons. The minimum Gasteiger partial charge on any atom is -0.339 e. The maximum atomic E-state index is 13.0. The predicted molar refractivity (Wildman–Crippen MR) is 105 cm³/mol. The summed E-state index contributed by atoms with van der Waals surface area (Å²) in [7, 11) is 1.95. The third kappa shape index (κ3) is 3.33. The summed E-state index contributed by atoms with van der Waals surface area (Å²) >= 11 is 0. The Balaban J connectivity index is 1.58. The number of pyridine rings is 1. The second-order valence-electron chi connectivity index (χ2n) is 7.49. The van der Waals surface area contributed by atoms with Crippen LogP contribution >= 0.6 is 0 Å². The third-order valence-electron chi connectivity index (χ3n) is 5.82. The molecule has 1 fully saturated rings. The monoisotopic (exact) mass is 349 g/mol. The van der Waals surface area contributed by atoms with Crippen LogP contribution in [-0.4, -0.2) is 35.4 Å². The summed E-state index contributed by atoms with van der Waals surface area (Å²) < 4.78 is 0. The highest BCUT2D eigenvalue weighted by Crippen LogP contribution is 2.32. The van der Waals surface area contributed by atoms with Crippen LogP contribution in [0.3, 0.4) is 0 Å². The first-order valence-corrected chi connectivity index (χ1v) is 9.83. The van der Waals surface area contributed by atoms with Crippen LogP contribution < -0.4 is 4.90 Å². The first kappa shape index (κ1) is 17.1. The highest BCUT2D eigenvalue weighted by molar-refractivity contribution is 5.95. The molecule has 1 amide bonds. The number of anilines is 2. The van der Waals surface area contributed by atoms with E-state index in [9.17, 15) is 4.79 Å². The van der Waals surface area contributed by atoms with Crippen LogP contribution in [0.5, 0.6) is 0 Å². The number of fused-ring (bicyclic) bond motifs is 1. The van der Waals surface area contributed by atoms with Crippen molar-refractivity contribution in [3.63, 3.8) is 0 Å². The normalized spacial score (nSPS) is 17.7. The summed E-state index contributed by atoms with van der Waals surface area (Å²) in [5.74, 6) is 0.992. The van der Waals surface area contributed by atoms with Crippen LogP contribution in [0.15, 0.2) is 42.6 Å². The minimum absolute atomic E-state index is 0.117. The summed E-state index contributed by atoms with van der Waals surface area (Å²) in [6.45, 7) is 0.945. The summed E-state index contributed by atoms with van der Waals surface area (Å²) in [6.07, 6.45) is 10.00. The SMILES string of the molecule is CN(C(=O)c1ccnc(N2CCCc3ccccc32)c1)C1CCCCC1. The molecular weight excluding hydrogens is 322 g/mol. The number of carbonyl (C=O) groups is 1. The molecule has 2 heterocycles. The van der Waals surface area contributed by atoms with Crippen molar-refractivity contribution < 1.29 is 4.79 Å². The van der Waals surface area contributed by atoms with E-state index in [1.54, 1.807) is 6.20 Å². The van der Waals surface area contributed by atoms with Gasteiger partial charge in [-0.05, 0) is 49.4 Å². The highest BCUT2D eigenvalue weighted by atomic mass is 16.2. The number of amides is 1. The standard InChI is InChI=1S/C22H27N3O/c1-24(19-10-3-2-4-11-19)22(26)18-13-14-23-21(16-18)25-15-7-9-17-8-5-6-12-20(17)25/h5-6,8,12-14,16,19H,2-4,7,9-11,15H2,1H3. The molecule has 0 spiro atoms. The van der Waals surface area contributed by atoms with Crippen LogP contribution in [0, 0.1) is 0 Å². The lowest BCUT2D eigenvalue weighted by atomic mass is 9.94. The second kappa shape index (κ2) is 7.48. The average Bonchev–Trinajstić information content (AvgIpc) is 2.73. The molecule has 0 saturated heterocycles. The number of nitrogens with zero attached hydrogens (tertiary/aromatic N) is 3. The Hall–Kier alpha value is -2.36. The molecule has 1 aromatic carbocycles. The summed E-state index contributed by atoms with van der Waals surface area (Å²) in [4.78, 5) is 21.8. The Kier molecular flexibility index (Phi) is 4.91. The van der Waals surface area contributed by atoms with Crippen LogP contribution in [-0.2, 0) is 6.42 Å². The zero-order chi connectivity index (χ0) is 17.9. The van der Waals surface area contributed by atoms with Crippen molar-refractivity contribution in [3.8, 4) is 0 Å². The van der Waals surface area contributed by atoms with E-state index in [2.05, 4.69) is 34.1 Å². The summed E-state index contributed by atoms with van der Waals surface area (Å²) in [5.41, 5.74) is 3.32. The first-order chi connectivity index (χ1) is 12.7. The van der Waals surface area contributed by atoms with Crippen molar-refractivity contribution in [1.82, 2.24) is 9.88 Å². The van der Waals surface area contributed by atoms with Gasteiger partial charge in [-0.3, -0.25) is 4.79 Å². The minimum atomic E-state index is 0.117. The Morgan fingerprint density at radius 1 is 1.12 bits per heavy atom. The molecule has 26 heavy (non-hydrogen) atoms. The van der Waals surface area contributed by atoms with Crippen molar-refractivity contribution in [2.24, 2.45) is 0 Å². The zero-order valence-electron chi connectivity index (χ0n) is 15.5. The van der Waals surface area contributed by atoms with Gasteiger partial charge in [0, 0.05) is 37.1 Å². The van der Waals surface area contributed by atoms with E-state index in [4.69, 9.17) is 0 Å². The maximum absolute atomic E-state index is 13.0. The Bertz CT molecular complexity index is 782. The van der Waals surface area contributed by atoms with E-state index in [0.717, 1.165) is 43.6 Å². The first-order valence-electron chi connectivity index (χ1n) is 9.83. The van der Waals surface area contributed by atoms with Gasteiger partial charge >= 0.3 is 0 Å². The Labute approximate surface area is 155 Å². The van der Waals surface area contributed by atoms with E-state index in [0.29, 0.717) is 6.04 Å². The maximum Gasteiger partial charge on any atom is 0.254 e. The van der Waals surface area contributed by atoms with Crippen LogP contribution in [0.2, 0.25) is 0 Å². The lowest BCUT2D eigenvalue weighted by Crippen LogP contribution is -2.38. The smallest absolute Gasteiger partial charge is 0.254 e. The summed E-state index contributed by atoms with van der Waals surface area (Å²) in [6, 6.07) is 12.7. The second-order valence-corrected chi connectivity index (χ2v) is 7.49. The number of hydrogen-bond acceptors (Lipinski definition) is 3. The molecule has 4 heteroatoms. The fourth-order valence-corrected chi connectivity index (χ4v) is 4.31. The fraction of sp³-hybridized carbons (Fsp3) is 0.455. The Morgan fingerprint density at radius 2 is 1.92 bits per heavy atom. The van der Waals surface area contributed by atoms with Gasteiger partial charge in [-0.2, -0.15) is 0 Å². The van der Waals surface area contributed by atoms with Gasteiger partial charge in [0.05, 0.1) is 0 Å². The van der Waals surface area contributed by atoms with Crippen molar-refractivity contribution >= 4 is 17.4 Å². The lowest BCUT2D eigenvalue weighted by Gasteiger charge is -2.32. The van der Waals surface area contributed by atoms with Crippen molar-refractivity contribution in [3.05, 3.63) is 53.7 Å². The molecule has 4 nitrogen and oxygen atoms in total. The number of aromatic nitrogens is 1. The van der Waals surface area contributed by atoms with Crippen LogP contribution in [0.4, 0.5) is 11.5 Å². The van der Waals surface area contributed by atoms with Gasteiger partial charge in [0.1, 0.15) is 5.82 Å². The van der Waals surface area contributed by atoms with Gasteiger partial charge in [0.2, 0.25) is 0 Å². The molecular formula is C22H27N3O. The molecule has 1 saturated carbocycles. The largest absolute Gasteiger partial charge is 0.339 e. The van der Waals surface area contributed by atoms with Crippen molar-refractivity contribution in [1.29, 1.82) is 0 Å². The number of hydrogen-bond donors (Lipinski definition) is 0. The molecule has 0 bridgehead atoms. The van der Waals surface area contributed by atoms with Gasteiger partial charge in [0.25, 0.3) is 5.91 Å². The molecule has 1 aromatic heterocycles. The van der Waals surface area contributed by atoms with Gasteiger partial charge in [-0.25, -0.2) is 4.98 Å². The van der Waals surface area contributed by atoms with Crippen molar-refractivity contribution in [2.75, 3.05) is 18.5 Å². The van der Waals surface area contributed by atoms with Gasteiger partial charge < -0.3 is 9.80 Å². The topological polar surface area (TPSA) is 36.4 Å². The predicted octanol–water partition coefficient (Wildman–Crippen LogP) is 4.57. The van der Waals surface area contributed by atoms with Gasteiger partial charge in [-0.15, -0.1) is 0 Å². The molecule has 0 N–H and O–H groups in total. The van der Waals surface area contributed by atoms with Crippen LogP contribution in [0.25, 0.3) is 0 Å². The average molecular weight is 349 g/mol. The number of benzene rings is 1. The highest BCUT2D eigenvalue weighted by Gasteiger charge is 2.24. The molecule has 2 aromatic rings. The van der Waals surface area contributed by atoms with E-state index in [-0.39, 0.29) is 5.91 Å². The molecule has 2 aliphatic rings. The molecule has 1 aliphatic heterocycles. The summed E-state index contributed by atoms with van der Waals surface area (Å²) in [5, 5.41) is 0. The fourth-order valence-electron chi connectivity index (χ4n) is 4.31. The van der Waals surface area contributed by atoms with E-state index in [1.165, 1.54) is 30.5 Å². The number of aryl methyl sites for hydroxylation is 1. The molecule has 4 rings (SSSR count). The molecule has 0 unspecified atom stereocenters. The number of carbonyl (C=O) groups excluding carboxylic acids is 1.